The van der Waals surface area contributed by atoms with Crippen LogP contribution in [0.2, 0.25) is 0 Å². The average Bonchev–Trinajstić information content (AvgIpc) is 2.76. The molecule has 29 heavy (non-hydrogen) atoms. The van der Waals surface area contributed by atoms with Gasteiger partial charge >= 0.3 is 0 Å². The van der Waals surface area contributed by atoms with Crippen molar-refractivity contribution in [2.45, 2.75) is 33.1 Å². The first-order valence-electron chi connectivity index (χ1n) is 10.4. The molecule has 0 amide bonds. The minimum absolute atomic E-state index is 0.471. The monoisotopic (exact) mass is 388 g/mol. The average molecular weight is 389 g/mol. The van der Waals surface area contributed by atoms with Crippen LogP contribution >= 0.6 is 0 Å². The number of benzene rings is 2. The van der Waals surface area contributed by atoms with E-state index in [9.17, 15) is 0 Å². The van der Waals surface area contributed by atoms with Gasteiger partial charge < -0.3 is 15.5 Å². The molecule has 0 radical (unpaired) electrons. The number of anilines is 5. The van der Waals surface area contributed by atoms with Crippen LogP contribution in [0.1, 0.15) is 32.3 Å². The molecule has 0 aliphatic carbocycles. The summed E-state index contributed by atoms with van der Waals surface area (Å²) < 4.78 is 0. The summed E-state index contributed by atoms with van der Waals surface area (Å²) in [7, 11) is 0. The van der Waals surface area contributed by atoms with E-state index in [1.165, 1.54) is 24.1 Å². The molecule has 1 aliphatic heterocycles. The lowest BCUT2D eigenvalue weighted by Crippen LogP contribution is -2.32. The van der Waals surface area contributed by atoms with Crippen LogP contribution in [-0.4, -0.2) is 28.3 Å². The third-order valence-electron chi connectivity index (χ3n) is 5.47. The highest BCUT2D eigenvalue weighted by molar-refractivity contribution is 5.62. The number of hydrogen-bond acceptors (Lipinski definition) is 6. The highest BCUT2D eigenvalue weighted by atomic mass is 15.3. The van der Waals surface area contributed by atoms with E-state index in [0.717, 1.165) is 36.8 Å². The molecule has 1 saturated heterocycles. The zero-order valence-corrected chi connectivity index (χ0v) is 17.1. The van der Waals surface area contributed by atoms with Crippen molar-refractivity contribution in [3.63, 3.8) is 0 Å². The van der Waals surface area contributed by atoms with E-state index >= 15 is 0 Å². The fraction of sp³-hybridized carbons (Fsp3) is 0.348. The summed E-state index contributed by atoms with van der Waals surface area (Å²) in [5, 5.41) is 14.7. The van der Waals surface area contributed by atoms with E-state index in [-0.39, 0.29) is 0 Å². The van der Waals surface area contributed by atoms with Crippen LogP contribution in [0.4, 0.5) is 28.8 Å². The molecule has 2 heterocycles. The first kappa shape index (κ1) is 19.2. The Balaban J connectivity index is 1.39. The number of piperidine rings is 1. The van der Waals surface area contributed by atoms with E-state index < -0.39 is 0 Å². The van der Waals surface area contributed by atoms with Crippen molar-refractivity contribution in [1.29, 1.82) is 0 Å². The smallest absolute Gasteiger partial charge is 0.249 e. The van der Waals surface area contributed by atoms with Gasteiger partial charge in [0.25, 0.3) is 0 Å². The predicted octanol–water partition coefficient (Wildman–Crippen LogP) is 5.16. The van der Waals surface area contributed by atoms with Gasteiger partial charge in [0.15, 0.2) is 5.82 Å². The van der Waals surface area contributed by atoms with Gasteiger partial charge in [-0.05, 0) is 67.1 Å². The molecule has 2 aromatic carbocycles. The minimum atomic E-state index is 0.471. The standard InChI is InChI=1S/C23H28N6/c1-3-18-4-6-20(7-5-18)26-23-27-22(16-24-28-23)25-19-8-10-21(11-9-19)29-14-12-17(2)13-15-29/h4-11,16-17H,3,12-15H2,1-2H3,(H2,25,26,27,28). The molecule has 1 aromatic heterocycles. The molecule has 6 nitrogen and oxygen atoms in total. The number of nitrogens with one attached hydrogen (secondary N) is 2. The lowest BCUT2D eigenvalue weighted by atomic mass is 9.99. The quantitative estimate of drug-likeness (QED) is 0.608. The predicted molar refractivity (Wildman–Crippen MR) is 119 cm³/mol. The Morgan fingerprint density at radius 1 is 0.931 bits per heavy atom. The Morgan fingerprint density at radius 3 is 2.28 bits per heavy atom. The van der Waals surface area contributed by atoms with E-state index in [0.29, 0.717) is 11.8 Å². The van der Waals surface area contributed by atoms with Gasteiger partial charge in [0.1, 0.15) is 0 Å². The highest BCUT2D eigenvalue weighted by Gasteiger charge is 2.15. The normalized spacial score (nSPS) is 14.6. The minimum Gasteiger partial charge on any atom is -0.372 e. The largest absolute Gasteiger partial charge is 0.372 e. The zero-order chi connectivity index (χ0) is 20.1. The molecule has 0 saturated carbocycles. The van der Waals surface area contributed by atoms with Crippen molar-refractivity contribution in [1.82, 2.24) is 15.2 Å². The first-order valence-corrected chi connectivity index (χ1v) is 10.4. The zero-order valence-electron chi connectivity index (χ0n) is 17.1. The number of aryl methyl sites for hydroxylation is 1. The molecule has 6 heteroatoms. The molecule has 0 spiro atoms. The second-order valence-corrected chi connectivity index (χ2v) is 7.68. The van der Waals surface area contributed by atoms with Gasteiger partial charge in [-0.2, -0.15) is 10.1 Å². The summed E-state index contributed by atoms with van der Waals surface area (Å²) in [5.41, 5.74) is 4.51. The molecule has 2 N–H and O–H groups in total. The fourth-order valence-electron chi connectivity index (χ4n) is 3.54. The summed E-state index contributed by atoms with van der Waals surface area (Å²) in [6.07, 6.45) is 5.19. The Labute approximate surface area is 172 Å². The lowest BCUT2D eigenvalue weighted by Gasteiger charge is -2.32. The summed E-state index contributed by atoms with van der Waals surface area (Å²) in [6.45, 7) is 6.75. The Kier molecular flexibility index (Phi) is 5.89. The number of hydrogen-bond donors (Lipinski definition) is 2. The number of rotatable bonds is 6. The number of nitrogens with zero attached hydrogens (tertiary/aromatic N) is 4. The van der Waals surface area contributed by atoms with Crippen molar-refractivity contribution in [2.24, 2.45) is 5.92 Å². The molecule has 0 bridgehead atoms. The second kappa shape index (κ2) is 8.90. The fourth-order valence-corrected chi connectivity index (χ4v) is 3.54. The maximum Gasteiger partial charge on any atom is 0.249 e. The van der Waals surface area contributed by atoms with Crippen molar-refractivity contribution < 1.29 is 0 Å². The molecule has 3 aromatic rings. The van der Waals surface area contributed by atoms with Crippen molar-refractivity contribution in [3.05, 3.63) is 60.3 Å². The van der Waals surface area contributed by atoms with Crippen molar-refractivity contribution in [3.8, 4) is 0 Å². The topological polar surface area (TPSA) is 66.0 Å². The Bertz CT molecular complexity index is 915. The third-order valence-corrected chi connectivity index (χ3v) is 5.47. The van der Waals surface area contributed by atoms with Gasteiger partial charge in [-0.3, -0.25) is 0 Å². The molecule has 4 rings (SSSR count). The van der Waals surface area contributed by atoms with Crippen LogP contribution in [0.3, 0.4) is 0 Å². The number of aromatic nitrogens is 3. The van der Waals surface area contributed by atoms with Gasteiger partial charge in [0.2, 0.25) is 5.95 Å². The van der Waals surface area contributed by atoms with Gasteiger partial charge in [-0.25, -0.2) is 0 Å². The van der Waals surface area contributed by atoms with Crippen LogP contribution in [0.25, 0.3) is 0 Å². The van der Waals surface area contributed by atoms with E-state index in [1.54, 1.807) is 6.20 Å². The van der Waals surface area contributed by atoms with Gasteiger partial charge in [0, 0.05) is 30.2 Å². The van der Waals surface area contributed by atoms with Crippen LogP contribution in [-0.2, 0) is 6.42 Å². The Morgan fingerprint density at radius 2 is 1.59 bits per heavy atom. The van der Waals surface area contributed by atoms with E-state index in [1.807, 2.05) is 12.1 Å². The lowest BCUT2D eigenvalue weighted by molar-refractivity contribution is 0.438. The van der Waals surface area contributed by atoms with Crippen molar-refractivity contribution in [2.75, 3.05) is 28.6 Å². The molecule has 1 aliphatic rings. The third kappa shape index (κ3) is 5.02. The molecular formula is C23H28N6. The van der Waals surface area contributed by atoms with Gasteiger partial charge in [0.05, 0.1) is 6.20 Å². The highest BCUT2D eigenvalue weighted by Crippen LogP contribution is 2.25. The summed E-state index contributed by atoms with van der Waals surface area (Å²) in [4.78, 5) is 6.98. The summed E-state index contributed by atoms with van der Waals surface area (Å²) in [5.74, 6) is 1.97. The summed E-state index contributed by atoms with van der Waals surface area (Å²) in [6, 6.07) is 16.8. The van der Waals surface area contributed by atoms with Crippen LogP contribution < -0.4 is 15.5 Å². The van der Waals surface area contributed by atoms with Crippen molar-refractivity contribution >= 4 is 28.8 Å². The second-order valence-electron chi connectivity index (χ2n) is 7.68. The Hall–Kier alpha value is -3.15. The maximum absolute atomic E-state index is 4.52. The van der Waals surface area contributed by atoms with Crippen LogP contribution in [0.5, 0.6) is 0 Å². The van der Waals surface area contributed by atoms with Gasteiger partial charge in [-0.15, -0.1) is 5.10 Å². The molecule has 1 fully saturated rings. The summed E-state index contributed by atoms with van der Waals surface area (Å²) >= 11 is 0. The van der Waals surface area contributed by atoms with Gasteiger partial charge in [-0.1, -0.05) is 26.0 Å². The molecular weight excluding hydrogens is 360 g/mol. The molecule has 0 unspecified atom stereocenters. The van der Waals surface area contributed by atoms with Crippen LogP contribution in [0.15, 0.2) is 54.7 Å². The van der Waals surface area contributed by atoms with E-state index in [2.05, 4.69) is 81.0 Å². The first-order chi connectivity index (χ1) is 14.2. The maximum atomic E-state index is 4.52. The molecule has 0 atom stereocenters. The SMILES string of the molecule is CCc1ccc(Nc2nncc(Nc3ccc(N4CCC(C)CC4)cc3)n2)cc1. The van der Waals surface area contributed by atoms with Crippen LogP contribution in [0, 0.1) is 5.92 Å². The molecule has 150 valence electrons. The van der Waals surface area contributed by atoms with E-state index in [4.69, 9.17) is 0 Å².